The van der Waals surface area contributed by atoms with E-state index in [4.69, 9.17) is 9.47 Å². The van der Waals surface area contributed by atoms with Crippen molar-refractivity contribution in [1.82, 2.24) is 0 Å². The monoisotopic (exact) mass is 374 g/mol. The number of ether oxygens (including phenoxy) is 2. The van der Waals surface area contributed by atoms with Crippen molar-refractivity contribution in [1.29, 1.82) is 0 Å². The Morgan fingerprint density at radius 1 is 1.07 bits per heavy atom. The Bertz CT molecular complexity index is 874. The summed E-state index contributed by atoms with van der Waals surface area (Å²) < 4.78 is 39.3. The zero-order valence-corrected chi connectivity index (χ0v) is 16.1. The topological polar surface area (TPSA) is 35.5 Å². The first-order valence-corrected chi connectivity index (χ1v) is 9.04. The van der Waals surface area contributed by atoms with Crippen molar-refractivity contribution in [2.24, 2.45) is 5.41 Å². The highest BCUT2D eigenvalue weighted by molar-refractivity contribution is 5.91. The van der Waals surface area contributed by atoms with Crippen LogP contribution in [-0.2, 0) is 4.74 Å². The average Bonchev–Trinajstić information content (AvgIpc) is 3.00. The molecule has 3 nitrogen and oxygen atoms in total. The van der Waals surface area contributed by atoms with Gasteiger partial charge in [0, 0.05) is 5.56 Å². The van der Waals surface area contributed by atoms with Crippen LogP contribution in [0.2, 0.25) is 0 Å². The number of esters is 1. The molecule has 0 N–H and O–H groups in total. The Morgan fingerprint density at radius 3 is 2.41 bits per heavy atom. The third-order valence-corrected chi connectivity index (χ3v) is 5.64. The van der Waals surface area contributed by atoms with E-state index in [1.54, 1.807) is 6.07 Å². The summed E-state index contributed by atoms with van der Waals surface area (Å²) in [6.07, 6.45) is 2.95. The van der Waals surface area contributed by atoms with E-state index in [-0.39, 0.29) is 22.5 Å². The van der Waals surface area contributed by atoms with E-state index >= 15 is 0 Å². The SMILES string of the molecule is COC(=O)c1cc([C@@H]2CCCC2(C)C)c(-c2cc(OC)ccc2F)cc1F. The summed E-state index contributed by atoms with van der Waals surface area (Å²) in [5, 5.41) is 0. The molecule has 1 aliphatic carbocycles. The van der Waals surface area contributed by atoms with Crippen LogP contribution in [0.15, 0.2) is 30.3 Å². The molecule has 0 bridgehead atoms. The van der Waals surface area contributed by atoms with E-state index < -0.39 is 17.6 Å². The van der Waals surface area contributed by atoms with Crippen molar-refractivity contribution in [3.8, 4) is 16.9 Å². The molecule has 1 atom stereocenters. The Hall–Kier alpha value is -2.43. The number of carbonyl (C=O) groups excluding carboxylic acids is 1. The van der Waals surface area contributed by atoms with E-state index in [2.05, 4.69) is 13.8 Å². The third-order valence-electron chi connectivity index (χ3n) is 5.64. The number of hydrogen-bond acceptors (Lipinski definition) is 3. The van der Waals surface area contributed by atoms with Crippen molar-refractivity contribution < 1.29 is 23.0 Å². The second-order valence-corrected chi connectivity index (χ2v) is 7.69. The maximum atomic E-state index is 14.7. The summed E-state index contributed by atoms with van der Waals surface area (Å²) in [6, 6.07) is 7.18. The first kappa shape index (κ1) is 19.3. The number of benzene rings is 2. The van der Waals surface area contributed by atoms with Gasteiger partial charge >= 0.3 is 5.97 Å². The fraction of sp³-hybridized carbons (Fsp3) is 0.409. The minimum atomic E-state index is -0.734. The first-order chi connectivity index (χ1) is 12.8. The van der Waals surface area contributed by atoms with E-state index in [0.717, 1.165) is 24.8 Å². The van der Waals surface area contributed by atoms with Crippen LogP contribution >= 0.6 is 0 Å². The van der Waals surface area contributed by atoms with Crippen LogP contribution in [0.4, 0.5) is 8.78 Å². The Kier molecular flexibility index (Phi) is 5.22. The fourth-order valence-corrected chi connectivity index (χ4v) is 4.12. The first-order valence-electron chi connectivity index (χ1n) is 9.04. The van der Waals surface area contributed by atoms with Crippen molar-refractivity contribution >= 4 is 5.97 Å². The molecular weight excluding hydrogens is 350 g/mol. The highest BCUT2D eigenvalue weighted by Gasteiger charge is 2.38. The van der Waals surface area contributed by atoms with Crippen LogP contribution in [0.25, 0.3) is 11.1 Å². The van der Waals surface area contributed by atoms with E-state index in [9.17, 15) is 13.6 Å². The lowest BCUT2D eigenvalue weighted by atomic mass is 9.75. The van der Waals surface area contributed by atoms with Gasteiger partial charge in [-0.2, -0.15) is 0 Å². The molecule has 0 aliphatic heterocycles. The lowest BCUT2D eigenvalue weighted by molar-refractivity contribution is 0.0595. The molecule has 1 fully saturated rings. The molecule has 0 spiro atoms. The highest BCUT2D eigenvalue weighted by Crippen LogP contribution is 2.51. The number of methoxy groups -OCH3 is 2. The largest absolute Gasteiger partial charge is 0.497 e. The normalized spacial score (nSPS) is 18.4. The van der Waals surface area contributed by atoms with Crippen LogP contribution in [-0.4, -0.2) is 20.2 Å². The molecule has 3 rings (SSSR count). The molecule has 0 heterocycles. The smallest absolute Gasteiger partial charge is 0.340 e. The standard InChI is InChI=1S/C22H24F2O3/c1-22(2)9-5-6-18(22)15-11-17(21(25)27-4)20(24)12-14(15)16-10-13(26-3)7-8-19(16)23/h7-8,10-12,18H,5-6,9H2,1-4H3/t18-/m0/s1. The second-order valence-electron chi connectivity index (χ2n) is 7.69. The van der Waals surface area contributed by atoms with E-state index in [0.29, 0.717) is 11.3 Å². The van der Waals surface area contributed by atoms with Gasteiger partial charge in [-0.05, 0) is 65.6 Å². The molecule has 1 saturated carbocycles. The highest BCUT2D eigenvalue weighted by atomic mass is 19.1. The third kappa shape index (κ3) is 3.55. The molecule has 0 amide bonds. The van der Waals surface area contributed by atoms with Crippen LogP contribution in [0.3, 0.4) is 0 Å². The molecule has 0 unspecified atom stereocenters. The van der Waals surface area contributed by atoms with Crippen LogP contribution in [0.1, 0.15) is 54.9 Å². The zero-order chi connectivity index (χ0) is 19.8. The summed E-state index contributed by atoms with van der Waals surface area (Å²) in [4.78, 5) is 12.0. The minimum Gasteiger partial charge on any atom is -0.497 e. The van der Waals surface area contributed by atoms with Gasteiger partial charge < -0.3 is 9.47 Å². The van der Waals surface area contributed by atoms with Gasteiger partial charge in [-0.25, -0.2) is 13.6 Å². The lowest BCUT2D eigenvalue weighted by Crippen LogP contribution is -2.18. The maximum Gasteiger partial charge on any atom is 0.340 e. The molecule has 0 radical (unpaired) electrons. The van der Waals surface area contributed by atoms with Gasteiger partial charge in [-0.15, -0.1) is 0 Å². The number of carbonyl (C=O) groups is 1. The van der Waals surface area contributed by atoms with Gasteiger partial charge in [0.25, 0.3) is 0 Å². The average molecular weight is 374 g/mol. The molecule has 144 valence electrons. The van der Waals surface area contributed by atoms with E-state index in [1.807, 2.05) is 0 Å². The maximum absolute atomic E-state index is 14.7. The van der Waals surface area contributed by atoms with E-state index in [1.165, 1.54) is 38.5 Å². The number of hydrogen-bond donors (Lipinski definition) is 0. The Balaban J connectivity index is 2.27. The van der Waals surface area contributed by atoms with Gasteiger partial charge in [-0.3, -0.25) is 0 Å². The molecule has 5 heteroatoms. The summed E-state index contributed by atoms with van der Waals surface area (Å²) in [5.41, 5.74) is 1.34. The summed E-state index contributed by atoms with van der Waals surface area (Å²) >= 11 is 0. The van der Waals surface area contributed by atoms with Crippen LogP contribution in [0.5, 0.6) is 5.75 Å². The van der Waals surface area contributed by atoms with Gasteiger partial charge in [-0.1, -0.05) is 20.3 Å². The molecule has 0 saturated heterocycles. The van der Waals surface area contributed by atoms with Gasteiger partial charge in [0.05, 0.1) is 19.8 Å². The predicted molar refractivity (Wildman–Crippen MR) is 100 cm³/mol. The quantitative estimate of drug-likeness (QED) is 0.642. The molecular formula is C22H24F2O3. The zero-order valence-electron chi connectivity index (χ0n) is 16.1. The summed E-state index contributed by atoms with van der Waals surface area (Å²) in [5.74, 6) is -1.35. The van der Waals surface area contributed by atoms with Crippen LogP contribution < -0.4 is 4.74 Å². The van der Waals surface area contributed by atoms with Crippen molar-refractivity contribution in [2.45, 2.75) is 39.0 Å². The molecule has 27 heavy (non-hydrogen) atoms. The Labute approximate surface area is 158 Å². The molecule has 0 aromatic heterocycles. The fourth-order valence-electron chi connectivity index (χ4n) is 4.12. The van der Waals surface area contributed by atoms with Crippen molar-refractivity contribution in [3.63, 3.8) is 0 Å². The van der Waals surface area contributed by atoms with Gasteiger partial charge in [0.2, 0.25) is 0 Å². The molecule has 2 aromatic rings. The molecule has 1 aliphatic rings. The van der Waals surface area contributed by atoms with Crippen molar-refractivity contribution in [3.05, 3.63) is 53.1 Å². The Morgan fingerprint density at radius 2 is 1.81 bits per heavy atom. The number of halogens is 2. The van der Waals surface area contributed by atoms with Gasteiger partial charge in [0.15, 0.2) is 0 Å². The number of rotatable bonds is 4. The van der Waals surface area contributed by atoms with Crippen molar-refractivity contribution in [2.75, 3.05) is 14.2 Å². The second kappa shape index (κ2) is 7.29. The summed E-state index contributed by atoms with van der Waals surface area (Å²) in [7, 11) is 2.72. The van der Waals surface area contributed by atoms with Gasteiger partial charge in [0.1, 0.15) is 17.4 Å². The summed E-state index contributed by atoms with van der Waals surface area (Å²) in [6.45, 7) is 4.30. The molecule has 2 aromatic carbocycles. The predicted octanol–water partition coefficient (Wildman–Crippen LogP) is 5.72. The van der Waals surface area contributed by atoms with Crippen LogP contribution in [0, 0.1) is 17.0 Å². The lowest BCUT2D eigenvalue weighted by Gasteiger charge is -2.30. The minimum absolute atomic E-state index is 0.0324.